The Morgan fingerprint density at radius 3 is 2.18 bits per heavy atom. The van der Waals surface area contributed by atoms with E-state index in [1.54, 1.807) is 19.2 Å². The van der Waals surface area contributed by atoms with Crippen molar-refractivity contribution >= 4 is 52.0 Å². The minimum Gasteiger partial charge on any atom is -0.496 e. The first-order valence-electron chi connectivity index (χ1n) is 9.78. The van der Waals surface area contributed by atoms with Crippen LogP contribution in [-0.4, -0.2) is 39.2 Å². The highest BCUT2D eigenvalue weighted by molar-refractivity contribution is 6.40. The van der Waals surface area contributed by atoms with Crippen molar-refractivity contribution in [1.29, 1.82) is 0 Å². The third kappa shape index (κ3) is 3.85. The van der Waals surface area contributed by atoms with E-state index in [-0.39, 0.29) is 27.8 Å². The lowest BCUT2D eigenvalue weighted by Crippen LogP contribution is -2.54. The standard InChI is InChI=1S/C24H19ClN2O6/c1-31-19-9-8-13(14-6-4-5-7-15(14)19)10-16-22(28)26-24(30)27(23(16)29)18-12-20(32-2)17(25)11-21(18)33-3/h4-12H,1-3H3,(H,26,28,30)/b16-10+. The second kappa shape index (κ2) is 8.84. The van der Waals surface area contributed by atoms with Crippen LogP contribution < -0.4 is 24.4 Å². The molecule has 0 spiro atoms. The topological polar surface area (TPSA) is 94.2 Å². The number of barbiturate groups is 1. The van der Waals surface area contributed by atoms with Gasteiger partial charge >= 0.3 is 6.03 Å². The first-order valence-corrected chi connectivity index (χ1v) is 10.2. The first-order chi connectivity index (χ1) is 15.9. The summed E-state index contributed by atoms with van der Waals surface area (Å²) >= 11 is 6.15. The van der Waals surface area contributed by atoms with Crippen LogP contribution in [0.2, 0.25) is 5.02 Å². The van der Waals surface area contributed by atoms with Crippen LogP contribution in [-0.2, 0) is 9.59 Å². The van der Waals surface area contributed by atoms with E-state index < -0.39 is 17.8 Å². The molecule has 9 heteroatoms. The number of carbonyl (C=O) groups is 3. The van der Waals surface area contributed by atoms with Gasteiger partial charge < -0.3 is 14.2 Å². The van der Waals surface area contributed by atoms with Gasteiger partial charge in [0, 0.05) is 17.5 Å². The maximum absolute atomic E-state index is 13.4. The predicted molar refractivity (Wildman–Crippen MR) is 124 cm³/mol. The summed E-state index contributed by atoms with van der Waals surface area (Å²) in [5.74, 6) is -0.570. The van der Waals surface area contributed by atoms with Crippen LogP contribution in [0.4, 0.5) is 10.5 Å². The molecule has 1 aliphatic rings. The van der Waals surface area contributed by atoms with Crippen molar-refractivity contribution < 1.29 is 28.6 Å². The molecule has 1 saturated heterocycles. The fourth-order valence-corrected chi connectivity index (χ4v) is 3.88. The number of halogens is 1. The third-order valence-corrected chi connectivity index (χ3v) is 5.53. The monoisotopic (exact) mass is 466 g/mol. The molecule has 3 aromatic carbocycles. The van der Waals surface area contributed by atoms with Gasteiger partial charge in [0.15, 0.2) is 0 Å². The molecule has 33 heavy (non-hydrogen) atoms. The van der Waals surface area contributed by atoms with Crippen molar-refractivity contribution in [3.05, 3.63) is 64.7 Å². The van der Waals surface area contributed by atoms with Crippen molar-refractivity contribution in [1.82, 2.24) is 5.32 Å². The Balaban J connectivity index is 1.85. The molecule has 3 aromatic rings. The minimum atomic E-state index is -0.913. The number of nitrogens with one attached hydrogen (secondary N) is 1. The predicted octanol–water partition coefficient (Wildman–Crippen LogP) is 4.19. The van der Waals surface area contributed by atoms with Gasteiger partial charge in [-0.05, 0) is 23.1 Å². The largest absolute Gasteiger partial charge is 0.496 e. The highest BCUT2D eigenvalue weighted by Crippen LogP contribution is 2.39. The zero-order chi connectivity index (χ0) is 23.7. The highest BCUT2D eigenvalue weighted by atomic mass is 35.5. The number of ether oxygens (including phenoxy) is 3. The van der Waals surface area contributed by atoms with E-state index in [2.05, 4.69) is 5.32 Å². The zero-order valence-electron chi connectivity index (χ0n) is 18.0. The smallest absolute Gasteiger partial charge is 0.336 e. The second-order valence-corrected chi connectivity index (χ2v) is 7.43. The number of fused-ring (bicyclic) bond motifs is 1. The average Bonchev–Trinajstić information content (AvgIpc) is 2.82. The SMILES string of the molecule is COc1cc(N2C(=O)NC(=O)/C(=C\c3ccc(OC)c4ccccc34)C2=O)c(OC)cc1Cl. The Hall–Kier alpha value is -4.04. The molecule has 8 nitrogen and oxygen atoms in total. The van der Waals surface area contributed by atoms with Crippen LogP contribution in [0.15, 0.2) is 54.1 Å². The van der Waals surface area contributed by atoms with Gasteiger partial charge in [0.2, 0.25) is 0 Å². The van der Waals surface area contributed by atoms with E-state index in [0.29, 0.717) is 11.3 Å². The summed E-state index contributed by atoms with van der Waals surface area (Å²) in [5, 5.41) is 4.04. The fraction of sp³-hybridized carbons (Fsp3) is 0.125. The van der Waals surface area contributed by atoms with E-state index in [1.807, 2.05) is 24.3 Å². The molecule has 0 aromatic heterocycles. The minimum absolute atomic E-state index is 0.0826. The lowest BCUT2D eigenvalue weighted by molar-refractivity contribution is -0.122. The molecule has 0 unspecified atom stereocenters. The number of anilines is 1. The highest BCUT2D eigenvalue weighted by Gasteiger charge is 2.38. The molecule has 1 heterocycles. The third-order valence-electron chi connectivity index (χ3n) is 5.23. The molecule has 168 valence electrons. The molecule has 1 fully saturated rings. The van der Waals surface area contributed by atoms with E-state index >= 15 is 0 Å². The number of hydrogen-bond acceptors (Lipinski definition) is 6. The summed E-state index contributed by atoms with van der Waals surface area (Å²) in [5.41, 5.74) is 0.472. The van der Waals surface area contributed by atoms with Crippen LogP contribution in [0.3, 0.4) is 0 Å². The molecule has 4 rings (SSSR count). The zero-order valence-corrected chi connectivity index (χ0v) is 18.7. The van der Waals surface area contributed by atoms with E-state index in [0.717, 1.165) is 15.7 Å². The molecule has 0 radical (unpaired) electrons. The normalized spacial score (nSPS) is 15.1. The Kier molecular flexibility index (Phi) is 5.93. The Labute approximate surface area is 194 Å². The van der Waals surface area contributed by atoms with Crippen LogP contribution >= 0.6 is 11.6 Å². The molecule has 0 saturated carbocycles. The van der Waals surface area contributed by atoms with Crippen molar-refractivity contribution in [2.24, 2.45) is 0 Å². The van der Waals surface area contributed by atoms with Crippen molar-refractivity contribution in [3.63, 3.8) is 0 Å². The average molecular weight is 467 g/mol. The van der Waals surface area contributed by atoms with E-state index in [9.17, 15) is 14.4 Å². The van der Waals surface area contributed by atoms with Crippen molar-refractivity contribution in [3.8, 4) is 17.2 Å². The molecule has 0 atom stereocenters. The maximum Gasteiger partial charge on any atom is 0.336 e. The Morgan fingerprint density at radius 1 is 0.848 bits per heavy atom. The van der Waals surface area contributed by atoms with Crippen LogP contribution in [0.25, 0.3) is 16.8 Å². The van der Waals surface area contributed by atoms with Gasteiger partial charge in [-0.15, -0.1) is 0 Å². The molecule has 4 amide bonds. The molecule has 0 aliphatic carbocycles. The number of urea groups is 1. The summed E-state index contributed by atoms with van der Waals surface area (Å²) in [7, 11) is 4.34. The number of benzene rings is 3. The van der Waals surface area contributed by atoms with Gasteiger partial charge in [0.05, 0.1) is 32.0 Å². The molecule has 1 N–H and O–H groups in total. The van der Waals surface area contributed by atoms with Crippen molar-refractivity contribution in [2.45, 2.75) is 0 Å². The molecular formula is C24H19ClN2O6. The van der Waals surface area contributed by atoms with E-state index in [4.69, 9.17) is 25.8 Å². The van der Waals surface area contributed by atoms with Gasteiger partial charge in [0.1, 0.15) is 22.8 Å². The number of hydrogen-bond donors (Lipinski definition) is 1. The maximum atomic E-state index is 13.4. The Morgan fingerprint density at radius 2 is 1.52 bits per heavy atom. The number of imide groups is 2. The molecule has 0 bridgehead atoms. The fourth-order valence-electron chi connectivity index (χ4n) is 3.65. The number of methoxy groups -OCH3 is 3. The number of rotatable bonds is 5. The molecular weight excluding hydrogens is 448 g/mol. The van der Waals surface area contributed by atoms with Crippen LogP contribution in [0.1, 0.15) is 5.56 Å². The van der Waals surface area contributed by atoms with Gasteiger partial charge in [-0.1, -0.05) is 41.9 Å². The van der Waals surface area contributed by atoms with Gasteiger partial charge in [-0.2, -0.15) is 0 Å². The summed E-state index contributed by atoms with van der Waals surface area (Å²) in [4.78, 5) is 39.5. The van der Waals surface area contributed by atoms with E-state index in [1.165, 1.54) is 32.4 Å². The summed E-state index contributed by atoms with van der Waals surface area (Å²) < 4.78 is 15.9. The lowest BCUT2D eigenvalue weighted by atomic mass is 10.00. The first kappa shape index (κ1) is 22.2. The summed E-state index contributed by atoms with van der Waals surface area (Å²) in [6, 6.07) is 12.8. The lowest BCUT2D eigenvalue weighted by Gasteiger charge is -2.28. The number of carbonyl (C=O) groups excluding carboxylic acids is 3. The van der Waals surface area contributed by atoms with Crippen LogP contribution in [0.5, 0.6) is 17.2 Å². The summed E-state index contributed by atoms with van der Waals surface area (Å²) in [6.07, 6.45) is 1.44. The van der Waals surface area contributed by atoms with Crippen LogP contribution in [0, 0.1) is 0 Å². The van der Waals surface area contributed by atoms with Crippen molar-refractivity contribution in [2.75, 3.05) is 26.2 Å². The number of nitrogens with zero attached hydrogens (tertiary/aromatic N) is 1. The van der Waals surface area contributed by atoms with Gasteiger partial charge in [-0.25, -0.2) is 9.69 Å². The van der Waals surface area contributed by atoms with Gasteiger partial charge in [0.25, 0.3) is 11.8 Å². The second-order valence-electron chi connectivity index (χ2n) is 7.02. The quantitative estimate of drug-likeness (QED) is 0.447. The molecule has 1 aliphatic heterocycles. The summed E-state index contributed by atoms with van der Waals surface area (Å²) in [6.45, 7) is 0. The van der Waals surface area contributed by atoms with Gasteiger partial charge in [-0.3, -0.25) is 14.9 Å². The Bertz CT molecular complexity index is 1330. The number of amides is 4.